The van der Waals surface area contributed by atoms with Crippen molar-refractivity contribution in [1.82, 2.24) is 4.98 Å². The Kier molecular flexibility index (Phi) is 11.8. The molecule has 1 atom stereocenters. The number of carbonyl (C=O) groups is 1. The fourth-order valence-corrected chi connectivity index (χ4v) is 3.43. The Morgan fingerprint density at radius 3 is 2.23 bits per heavy atom. The standard InChI is InChI=1S/C21H20ClNO2.C3H8O.C2H6/c1-3-4-15(12-24)20-19(14-7-5-13(2)6-8-14)17-11-16(22)9-10-18(17)23-21(20)25;1-3-4-2;1-2/h5-12,15H,3-4H2,1-2H3,(H,23,25);3H2,1-2H3;1-2H3. The summed E-state index contributed by atoms with van der Waals surface area (Å²) in [6.07, 6.45) is 2.34. The molecule has 1 aromatic heterocycles. The Morgan fingerprint density at radius 2 is 1.71 bits per heavy atom. The molecule has 0 bridgehead atoms. The van der Waals surface area contributed by atoms with Crippen molar-refractivity contribution in [3.63, 3.8) is 0 Å². The van der Waals surface area contributed by atoms with Crippen LogP contribution in [0.5, 0.6) is 0 Å². The molecule has 0 amide bonds. The van der Waals surface area contributed by atoms with Crippen molar-refractivity contribution in [2.75, 3.05) is 13.7 Å². The van der Waals surface area contributed by atoms with Crippen LogP contribution in [0.25, 0.3) is 22.0 Å². The molecule has 0 saturated heterocycles. The number of aryl methyl sites for hydroxylation is 1. The molecule has 0 radical (unpaired) electrons. The Labute approximate surface area is 190 Å². The average molecular weight is 444 g/mol. The van der Waals surface area contributed by atoms with Gasteiger partial charge in [0.05, 0.1) is 0 Å². The van der Waals surface area contributed by atoms with E-state index in [1.54, 1.807) is 19.2 Å². The molecule has 1 unspecified atom stereocenters. The molecule has 1 heterocycles. The number of halogens is 1. The summed E-state index contributed by atoms with van der Waals surface area (Å²) in [6, 6.07) is 13.4. The highest BCUT2D eigenvalue weighted by Gasteiger charge is 2.22. The van der Waals surface area contributed by atoms with Crippen LogP contribution in [0, 0.1) is 6.92 Å². The number of nitrogens with one attached hydrogen (secondary N) is 1. The summed E-state index contributed by atoms with van der Waals surface area (Å²) in [5.74, 6) is -0.437. The molecule has 5 heteroatoms. The highest BCUT2D eigenvalue weighted by atomic mass is 35.5. The number of rotatable bonds is 6. The maximum absolute atomic E-state index is 12.8. The summed E-state index contributed by atoms with van der Waals surface area (Å²) in [7, 11) is 1.68. The van der Waals surface area contributed by atoms with Crippen LogP contribution in [0.1, 0.15) is 57.6 Å². The zero-order valence-corrected chi connectivity index (χ0v) is 20.2. The normalized spacial score (nSPS) is 11.1. The van der Waals surface area contributed by atoms with Crippen LogP contribution in [0.3, 0.4) is 0 Å². The monoisotopic (exact) mass is 443 g/mol. The topological polar surface area (TPSA) is 59.2 Å². The molecular weight excluding hydrogens is 410 g/mol. The molecule has 3 aromatic rings. The molecule has 0 aliphatic carbocycles. The number of H-pyrrole nitrogens is 1. The lowest BCUT2D eigenvalue weighted by Gasteiger charge is -2.17. The van der Waals surface area contributed by atoms with E-state index >= 15 is 0 Å². The Morgan fingerprint density at radius 1 is 1.10 bits per heavy atom. The zero-order chi connectivity index (χ0) is 23.4. The lowest BCUT2D eigenvalue weighted by Crippen LogP contribution is -2.19. The minimum absolute atomic E-state index is 0.212. The highest BCUT2D eigenvalue weighted by molar-refractivity contribution is 6.31. The van der Waals surface area contributed by atoms with Gasteiger partial charge in [0, 0.05) is 46.7 Å². The van der Waals surface area contributed by atoms with Gasteiger partial charge in [-0.3, -0.25) is 4.79 Å². The second-order valence-electron chi connectivity index (χ2n) is 6.91. The zero-order valence-electron chi connectivity index (χ0n) is 19.4. The van der Waals surface area contributed by atoms with E-state index in [0.29, 0.717) is 17.0 Å². The van der Waals surface area contributed by atoms with Crippen molar-refractivity contribution in [3.8, 4) is 11.1 Å². The van der Waals surface area contributed by atoms with Crippen molar-refractivity contribution in [2.45, 2.75) is 53.4 Å². The van der Waals surface area contributed by atoms with Crippen molar-refractivity contribution in [3.05, 3.63) is 69.0 Å². The van der Waals surface area contributed by atoms with Gasteiger partial charge in [-0.05, 0) is 44.0 Å². The average Bonchev–Trinajstić information content (AvgIpc) is 2.79. The molecule has 4 nitrogen and oxygen atoms in total. The number of carbonyl (C=O) groups excluding carboxylic acids is 1. The van der Waals surface area contributed by atoms with E-state index in [0.717, 1.165) is 46.9 Å². The second kappa shape index (κ2) is 13.8. The van der Waals surface area contributed by atoms with Gasteiger partial charge in [0.1, 0.15) is 6.29 Å². The van der Waals surface area contributed by atoms with E-state index in [9.17, 15) is 9.59 Å². The van der Waals surface area contributed by atoms with E-state index in [4.69, 9.17) is 11.6 Å². The van der Waals surface area contributed by atoms with Gasteiger partial charge in [0.2, 0.25) is 0 Å². The highest BCUT2D eigenvalue weighted by Crippen LogP contribution is 2.35. The molecule has 0 aliphatic rings. The lowest BCUT2D eigenvalue weighted by atomic mass is 9.87. The molecule has 0 aliphatic heterocycles. The molecule has 3 rings (SSSR count). The van der Waals surface area contributed by atoms with Gasteiger partial charge in [0.15, 0.2) is 0 Å². The largest absolute Gasteiger partial charge is 0.385 e. The third-order valence-electron chi connectivity index (χ3n) is 4.78. The van der Waals surface area contributed by atoms with E-state index in [1.165, 1.54) is 0 Å². The molecule has 1 N–H and O–H groups in total. The van der Waals surface area contributed by atoms with Crippen molar-refractivity contribution in [2.24, 2.45) is 0 Å². The van der Waals surface area contributed by atoms with Gasteiger partial charge in [-0.15, -0.1) is 0 Å². The van der Waals surface area contributed by atoms with Gasteiger partial charge in [-0.25, -0.2) is 0 Å². The number of methoxy groups -OCH3 is 1. The Bertz CT molecular complexity index is 1010. The number of hydrogen-bond donors (Lipinski definition) is 1. The number of benzene rings is 2. The predicted molar refractivity (Wildman–Crippen MR) is 132 cm³/mol. The molecule has 0 spiro atoms. The van der Waals surface area contributed by atoms with Crippen molar-refractivity contribution in [1.29, 1.82) is 0 Å². The summed E-state index contributed by atoms with van der Waals surface area (Å²) < 4.78 is 4.54. The minimum Gasteiger partial charge on any atom is -0.385 e. The quantitative estimate of drug-likeness (QED) is 0.420. The third kappa shape index (κ3) is 7.05. The summed E-state index contributed by atoms with van der Waals surface area (Å²) in [4.78, 5) is 27.4. The number of ether oxygens (including phenoxy) is 1. The van der Waals surface area contributed by atoms with Crippen molar-refractivity contribution < 1.29 is 9.53 Å². The third-order valence-corrected chi connectivity index (χ3v) is 5.01. The Balaban J connectivity index is 0.000000720. The van der Waals surface area contributed by atoms with E-state index < -0.39 is 5.92 Å². The molecule has 2 aromatic carbocycles. The molecule has 0 fully saturated rings. The van der Waals surface area contributed by atoms with E-state index in [1.807, 2.05) is 65.0 Å². The van der Waals surface area contributed by atoms with Gasteiger partial charge in [0.25, 0.3) is 5.56 Å². The first-order valence-corrected chi connectivity index (χ1v) is 11.2. The number of hydrogen-bond acceptors (Lipinski definition) is 3. The maximum Gasteiger partial charge on any atom is 0.252 e. The smallest absolute Gasteiger partial charge is 0.252 e. The van der Waals surface area contributed by atoms with Crippen LogP contribution in [0.4, 0.5) is 0 Å². The van der Waals surface area contributed by atoms with Crippen LogP contribution in [-0.2, 0) is 9.53 Å². The summed E-state index contributed by atoms with van der Waals surface area (Å²) >= 11 is 6.21. The molecule has 0 saturated carbocycles. The number of aromatic amines is 1. The van der Waals surface area contributed by atoms with Crippen LogP contribution in [-0.4, -0.2) is 25.0 Å². The fraction of sp³-hybridized carbons (Fsp3) is 0.385. The summed E-state index contributed by atoms with van der Waals surface area (Å²) in [6.45, 7) is 10.8. The van der Waals surface area contributed by atoms with Gasteiger partial charge in [-0.1, -0.05) is 68.6 Å². The first-order chi connectivity index (χ1) is 15.0. The fourth-order valence-electron chi connectivity index (χ4n) is 3.26. The Hall–Kier alpha value is -2.43. The van der Waals surface area contributed by atoms with Gasteiger partial charge < -0.3 is 14.5 Å². The van der Waals surface area contributed by atoms with Crippen LogP contribution in [0.2, 0.25) is 5.02 Å². The maximum atomic E-state index is 12.8. The summed E-state index contributed by atoms with van der Waals surface area (Å²) in [5, 5.41) is 1.45. The van der Waals surface area contributed by atoms with E-state index in [-0.39, 0.29) is 5.56 Å². The van der Waals surface area contributed by atoms with Gasteiger partial charge in [-0.2, -0.15) is 0 Å². The lowest BCUT2D eigenvalue weighted by molar-refractivity contribution is -0.109. The number of pyridine rings is 1. The summed E-state index contributed by atoms with van der Waals surface area (Å²) in [5.41, 5.74) is 3.88. The number of aromatic nitrogens is 1. The number of aldehydes is 1. The second-order valence-corrected chi connectivity index (χ2v) is 7.34. The minimum atomic E-state index is -0.437. The predicted octanol–water partition coefficient (Wildman–Crippen LogP) is 6.92. The van der Waals surface area contributed by atoms with Crippen molar-refractivity contribution >= 4 is 28.8 Å². The molecular formula is C26H34ClNO3. The first-order valence-electron chi connectivity index (χ1n) is 10.8. The molecule has 168 valence electrons. The molecule has 31 heavy (non-hydrogen) atoms. The first kappa shape index (κ1) is 26.6. The van der Waals surface area contributed by atoms with Crippen LogP contribution >= 0.6 is 11.6 Å². The van der Waals surface area contributed by atoms with E-state index in [2.05, 4.69) is 9.72 Å². The van der Waals surface area contributed by atoms with Crippen LogP contribution < -0.4 is 5.56 Å². The van der Waals surface area contributed by atoms with Crippen LogP contribution in [0.15, 0.2) is 47.3 Å². The SMILES string of the molecule is CC.CCCC(C=O)c1c(-c2ccc(C)cc2)c2cc(Cl)ccc2[nH]c1=O.CCOC. The van der Waals surface area contributed by atoms with Gasteiger partial charge >= 0.3 is 0 Å². The number of fused-ring (bicyclic) bond motifs is 1.